The first-order chi connectivity index (χ1) is 12.5. The average molecular weight is 373 g/mol. The molecule has 1 N–H and O–H groups in total. The number of hydrogen-bond donors (Lipinski definition) is 1. The number of aromatic nitrogens is 2. The van der Waals surface area contributed by atoms with Crippen LogP contribution in [0.2, 0.25) is 5.02 Å². The number of ether oxygens (including phenoxy) is 1. The molecule has 0 amide bonds. The van der Waals surface area contributed by atoms with Crippen LogP contribution in [0.25, 0.3) is 0 Å². The van der Waals surface area contributed by atoms with Gasteiger partial charge in [-0.15, -0.1) is 0 Å². The summed E-state index contributed by atoms with van der Waals surface area (Å²) in [5.74, 6) is 1.53. The monoisotopic (exact) mass is 372 g/mol. The Labute approximate surface area is 155 Å². The van der Waals surface area contributed by atoms with E-state index in [4.69, 9.17) is 16.3 Å². The molecule has 7 nitrogen and oxygen atoms in total. The fourth-order valence-electron chi connectivity index (χ4n) is 2.64. The van der Waals surface area contributed by atoms with Crippen LogP contribution in [0.1, 0.15) is 17.4 Å². The number of non-ortho nitro benzene ring substituents is 1. The zero-order valence-electron chi connectivity index (χ0n) is 14.2. The van der Waals surface area contributed by atoms with Crippen molar-refractivity contribution in [2.75, 3.05) is 12.4 Å². The number of halogens is 1. The lowest BCUT2D eigenvalue weighted by atomic mass is 10.1. The Morgan fingerprint density at radius 1 is 1.27 bits per heavy atom. The normalized spacial score (nSPS) is 11.8. The minimum absolute atomic E-state index is 0.0569. The van der Waals surface area contributed by atoms with Crippen LogP contribution in [-0.2, 0) is 7.05 Å². The van der Waals surface area contributed by atoms with Gasteiger partial charge in [0.2, 0.25) is 0 Å². The van der Waals surface area contributed by atoms with Gasteiger partial charge in [0.05, 0.1) is 22.7 Å². The van der Waals surface area contributed by atoms with Crippen molar-refractivity contribution in [3.05, 3.63) is 81.4 Å². The number of nitrogens with one attached hydrogen (secondary N) is 1. The SMILES string of the molecule is COc1ccc([C@@H](Nc2ccc([N+](=O)[O-])cc2Cl)c2nccn2C)cc1. The fraction of sp³-hybridized carbons (Fsp3) is 0.167. The average Bonchev–Trinajstić information content (AvgIpc) is 3.06. The number of nitrogens with zero attached hydrogens (tertiary/aromatic N) is 3. The maximum atomic E-state index is 10.9. The standard InChI is InChI=1S/C18H17ClN4O3/c1-22-10-9-20-18(22)17(12-3-6-14(26-2)7-4-12)21-16-8-5-13(23(24)25)11-15(16)19/h3-11,17,21H,1-2H3/t17-/m1/s1. The summed E-state index contributed by atoms with van der Waals surface area (Å²) in [6, 6.07) is 11.6. The number of imidazole rings is 1. The first kappa shape index (κ1) is 17.8. The molecule has 0 aliphatic rings. The third-order valence-corrected chi connectivity index (χ3v) is 4.34. The molecule has 0 fully saturated rings. The van der Waals surface area contributed by atoms with Gasteiger partial charge in [-0.25, -0.2) is 4.98 Å². The molecule has 0 unspecified atom stereocenters. The lowest BCUT2D eigenvalue weighted by molar-refractivity contribution is -0.384. The molecule has 26 heavy (non-hydrogen) atoms. The number of nitro groups is 1. The van der Waals surface area contributed by atoms with Crippen LogP contribution < -0.4 is 10.1 Å². The Morgan fingerprint density at radius 2 is 2.00 bits per heavy atom. The fourth-order valence-corrected chi connectivity index (χ4v) is 2.87. The summed E-state index contributed by atoms with van der Waals surface area (Å²) in [5.41, 5.74) is 1.48. The van der Waals surface area contributed by atoms with Crippen molar-refractivity contribution < 1.29 is 9.66 Å². The molecule has 0 saturated carbocycles. The lowest BCUT2D eigenvalue weighted by Crippen LogP contribution is -2.17. The minimum atomic E-state index is -0.477. The summed E-state index contributed by atoms with van der Waals surface area (Å²) in [6.07, 6.45) is 3.57. The van der Waals surface area contributed by atoms with E-state index in [0.29, 0.717) is 5.69 Å². The van der Waals surface area contributed by atoms with E-state index in [1.807, 2.05) is 42.1 Å². The first-order valence-electron chi connectivity index (χ1n) is 7.81. The van der Waals surface area contributed by atoms with Gasteiger partial charge in [0, 0.05) is 31.6 Å². The van der Waals surface area contributed by atoms with Crippen molar-refractivity contribution in [3.8, 4) is 5.75 Å². The molecular formula is C18H17ClN4O3. The maximum Gasteiger partial charge on any atom is 0.271 e. The molecule has 0 spiro atoms. The Kier molecular flexibility index (Phi) is 5.09. The molecule has 3 rings (SSSR count). The van der Waals surface area contributed by atoms with Crippen LogP contribution in [0.5, 0.6) is 5.75 Å². The predicted octanol–water partition coefficient (Wildman–Crippen LogP) is 4.19. The highest BCUT2D eigenvalue weighted by molar-refractivity contribution is 6.33. The van der Waals surface area contributed by atoms with Gasteiger partial charge in [-0.2, -0.15) is 0 Å². The highest BCUT2D eigenvalue weighted by Gasteiger charge is 2.20. The number of hydrogen-bond acceptors (Lipinski definition) is 5. The second-order valence-electron chi connectivity index (χ2n) is 5.67. The molecule has 0 saturated heterocycles. The van der Waals surface area contributed by atoms with Crippen molar-refractivity contribution in [1.82, 2.24) is 9.55 Å². The molecule has 0 aliphatic carbocycles. The van der Waals surface area contributed by atoms with E-state index in [1.165, 1.54) is 12.1 Å². The van der Waals surface area contributed by atoms with Crippen LogP contribution in [0.15, 0.2) is 54.9 Å². The van der Waals surface area contributed by atoms with E-state index in [0.717, 1.165) is 17.1 Å². The Hall–Kier alpha value is -3.06. The molecule has 1 heterocycles. The molecule has 3 aromatic rings. The molecule has 134 valence electrons. The van der Waals surface area contributed by atoms with E-state index < -0.39 is 4.92 Å². The molecule has 8 heteroatoms. The predicted molar refractivity (Wildman–Crippen MR) is 99.8 cm³/mol. The lowest BCUT2D eigenvalue weighted by Gasteiger charge is -2.21. The van der Waals surface area contributed by atoms with Gasteiger partial charge in [0.1, 0.15) is 17.6 Å². The molecule has 1 aromatic heterocycles. The number of aryl methyl sites for hydroxylation is 1. The molecule has 2 aromatic carbocycles. The van der Waals surface area contributed by atoms with Crippen LogP contribution in [0, 0.1) is 10.1 Å². The van der Waals surface area contributed by atoms with E-state index in [-0.39, 0.29) is 16.8 Å². The maximum absolute atomic E-state index is 10.9. The van der Waals surface area contributed by atoms with Gasteiger partial charge in [-0.1, -0.05) is 23.7 Å². The zero-order valence-corrected chi connectivity index (χ0v) is 15.0. The van der Waals surface area contributed by atoms with Crippen molar-refractivity contribution in [2.24, 2.45) is 7.05 Å². The van der Waals surface area contributed by atoms with Crippen molar-refractivity contribution in [2.45, 2.75) is 6.04 Å². The first-order valence-corrected chi connectivity index (χ1v) is 8.19. The molecular weight excluding hydrogens is 356 g/mol. The molecule has 0 bridgehead atoms. The Bertz CT molecular complexity index is 924. The third kappa shape index (κ3) is 3.62. The van der Waals surface area contributed by atoms with Crippen LogP contribution >= 0.6 is 11.6 Å². The van der Waals surface area contributed by atoms with E-state index in [9.17, 15) is 10.1 Å². The Balaban J connectivity index is 1.99. The van der Waals surface area contributed by atoms with Crippen LogP contribution in [0.3, 0.4) is 0 Å². The van der Waals surface area contributed by atoms with Crippen LogP contribution in [-0.4, -0.2) is 21.6 Å². The summed E-state index contributed by atoms with van der Waals surface area (Å²) in [5, 5.41) is 14.5. The summed E-state index contributed by atoms with van der Waals surface area (Å²) >= 11 is 6.24. The van der Waals surface area contributed by atoms with E-state index >= 15 is 0 Å². The van der Waals surface area contributed by atoms with Crippen molar-refractivity contribution >= 4 is 23.0 Å². The molecule has 0 aliphatic heterocycles. The summed E-state index contributed by atoms with van der Waals surface area (Å²) in [4.78, 5) is 14.8. The highest BCUT2D eigenvalue weighted by atomic mass is 35.5. The topological polar surface area (TPSA) is 82.2 Å². The number of rotatable bonds is 6. The van der Waals surface area contributed by atoms with Gasteiger partial charge >= 0.3 is 0 Å². The van der Waals surface area contributed by atoms with Crippen LogP contribution in [0.4, 0.5) is 11.4 Å². The van der Waals surface area contributed by atoms with E-state index in [1.54, 1.807) is 19.4 Å². The van der Waals surface area contributed by atoms with Gasteiger partial charge in [-0.05, 0) is 23.8 Å². The number of benzene rings is 2. The second-order valence-corrected chi connectivity index (χ2v) is 6.08. The van der Waals surface area contributed by atoms with Gasteiger partial charge in [-0.3, -0.25) is 10.1 Å². The minimum Gasteiger partial charge on any atom is -0.497 e. The van der Waals surface area contributed by atoms with Crippen molar-refractivity contribution in [3.63, 3.8) is 0 Å². The quantitative estimate of drug-likeness (QED) is 0.518. The van der Waals surface area contributed by atoms with Crippen molar-refractivity contribution in [1.29, 1.82) is 0 Å². The summed E-state index contributed by atoms with van der Waals surface area (Å²) in [7, 11) is 3.51. The summed E-state index contributed by atoms with van der Waals surface area (Å²) in [6.45, 7) is 0. The summed E-state index contributed by atoms with van der Waals surface area (Å²) < 4.78 is 7.11. The number of methoxy groups -OCH3 is 1. The molecule has 0 radical (unpaired) electrons. The number of nitro benzene ring substituents is 1. The highest BCUT2D eigenvalue weighted by Crippen LogP contribution is 2.32. The van der Waals surface area contributed by atoms with Gasteiger partial charge in [0.25, 0.3) is 5.69 Å². The Morgan fingerprint density at radius 3 is 2.54 bits per heavy atom. The zero-order chi connectivity index (χ0) is 18.7. The second kappa shape index (κ2) is 7.45. The van der Waals surface area contributed by atoms with Gasteiger partial charge < -0.3 is 14.6 Å². The largest absolute Gasteiger partial charge is 0.497 e. The van der Waals surface area contributed by atoms with E-state index in [2.05, 4.69) is 10.3 Å². The molecule has 1 atom stereocenters. The van der Waals surface area contributed by atoms with Gasteiger partial charge in [0.15, 0.2) is 0 Å². The number of anilines is 1. The smallest absolute Gasteiger partial charge is 0.271 e. The third-order valence-electron chi connectivity index (χ3n) is 4.03.